The van der Waals surface area contributed by atoms with Crippen molar-refractivity contribution in [1.82, 2.24) is 0 Å². The van der Waals surface area contributed by atoms with E-state index in [1.807, 2.05) is 0 Å². The molecular weight excluding hydrogens is 259 g/mol. The van der Waals surface area contributed by atoms with Crippen molar-refractivity contribution in [2.24, 2.45) is 4.99 Å². The van der Waals surface area contributed by atoms with Crippen LogP contribution in [0.25, 0.3) is 0 Å². The third-order valence-electron chi connectivity index (χ3n) is 2.26. The minimum atomic E-state index is 0.119. The van der Waals surface area contributed by atoms with E-state index in [9.17, 15) is 0 Å². The molecule has 0 N–H and O–H groups in total. The van der Waals surface area contributed by atoms with Gasteiger partial charge in [-0.25, -0.2) is 0 Å². The van der Waals surface area contributed by atoms with Crippen LogP contribution in [-0.2, 0) is 17.1 Å². The van der Waals surface area contributed by atoms with Crippen LogP contribution in [-0.4, -0.2) is 9.84 Å². The average Bonchev–Trinajstić information content (AvgIpc) is 2.47. The van der Waals surface area contributed by atoms with Gasteiger partial charge in [-0.05, 0) is 0 Å². The van der Waals surface area contributed by atoms with Crippen molar-refractivity contribution >= 4 is 5.71 Å². The van der Waals surface area contributed by atoms with E-state index in [0.717, 1.165) is 0 Å². The van der Waals surface area contributed by atoms with Gasteiger partial charge in [0.2, 0.25) is 0 Å². The maximum atomic E-state index is 4.70. The summed E-state index contributed by atoms with van der Waals surface area (Å²) < 4.78 is 1.73. The first kappa shape index (κ1) is 10.0. The second kappa shape index (κ2) is 3.94. The molecule has 0 fully saturated rings. The van der Waals surface area contributed by atoms with E-state index < -0.39 is 0 Å². The number of hydrogen-bond donors (Lipinski definition) is 0. The SMILES string of the molecule is CC1=N[C](C)([Ru][C]2=CC=CCC2)C=C1. The molecule has 2 aliphatic rings. The van der Waals surface area contributed by atoms with Gasteiger partial charge in [-0.3, -0.25) is 0 Å². The zero-order valence-electron chi connectivity index (χ0n) is 8.60. The number of aliphatic imine (C=N–C) groups is 1. The Kier molecular flexibility index (Phi) is 2.83. The molecule has 14 heavy (non-hydrogen) atoms. The molecule has 1 aliphatic carbocycles. The number of hydrogen-bond acceptors (Lipinski definition) is 1. The molecule has 0 aromatic carbocycles. The minimum absolute atomic E-state index is 0.119. The molecule has 0 amide bonds. The van der Waals surface area contributed by atoms with Gasteiger partial charge in [-0.1, -0.05) is 0 Å². The fourth-order valence-corrected chi connectivity index (χ4v) is 4.21. The molecule has 2 heteroatoms. The summed E-state index contributed by atoms with van der Waals surface area (Å²) in [6.07, 6.45) is 13.6. The van der Waals surface area contributed by atoms with Crippen molar-refractivity contribution in [3.05, 3.63) is 34.5 Å². The van der Waals surface area contributed by atoms with Crippen LogP contribution in [0.5, 0.6) is 0 Å². The van der Waals surface area contributed by atoms with Gasteiger partial charge in [-0.2, -0.15) is 0 Å². The van der Waals surface area contributed by atoms with Crippen molar-refractivity contribution in [2.75, 3.05) is 0 Å². The van der Waals surface area contributed by atoms with Crippen LogP contribution in [0.3, 0.4) is 0 Å². The summed E-state index contributed by atoms with van der Waals surface area (Å²) in [5.41, 5.74) is 1.17. The summed E-state index contributed by atoms with van der Waals surface area (Å²) >= 11 is 0.216. The number of nitrogens with zero attached hydrogens (tertiary/aromatic N) is 1. The molecule has 0 saturated heterocycles. The van der Waals surface area contributed by atoms with Crippen LogP contribution in [0, 0.1) is 0 Å². The first-order valence-electron chi connectivity index (χ1n) is 4.93. The van der Waals surface area contributed by atoms with Crippen molar-refractivity contribution < 1.29 is 17.1 Å². The predicted molar refractivity (Wildman–Crippen MR) is 57.1 cm³/mol. The molecule has 1 heterocycles. The molecule has 0 spiro atoms. The molecule has 76 valence electrons. The van der Waals surface area contributed by atoms with Crippen molar-refractivity contribution in [2.45, 2.75) is 30.8 Å². The zero-order valence-corrected chi connectivity index (χ0v) is 10.3. The third kappa shape index (κ3) is 2.30. The standard InChI is InChI=1S/C6H8N.C6H7.Ru/c1-5-3-4-6(2)7-5;1-2-4-6-5-3-1;/h3-4H,1-2H3;1-3H,4,6H2;. The molecular formula is C12H15NRu. The molecule has 0 aromatic heterocycles. The van der Waals surface area contributed by atoms with Crippen molar-refractivity contribution in [3.63, 3.8) is 0 Å². The molecule has 1 aliphatic heterocycles. The fraction of sp³-hybridized carbons (Fsp3) is 0.417. The molecule has 0 bridgehead atoms. The Morgan fingerprint density at radius 2 is 2.36 bits per heavy atom. The van der Waals surface area contributed by atoms with Gasteiger partial charge in [-0.15, -0.1) is 0 Å². The van der Waals surface area contributed by atoms with Gasteiger partial charge in [0.05, 0.1) is 0 Å². The van der Waals surface area contributed by atoms with Gasteiger partial charge in [0.25, 0.3) is 0 Å². The van der Waals surface area contributed by atoms with E-state index in [1.54, 1.807) is 4.17 Å². The zero-order chi connectivity index (χ0) is 10.0. The quantitative estimate of drug-likeness (QED) is 0.686. The molecule has 1 unspecified atom stereocenters. The Morgan fingerprint density at radius 3 is 2.93 bits per heavy atom. The molecule has 1 nitrogen and oxygen atoms in total. The molecule has 2 rings (SSSR count). The summed E-state index contributed by atoms with van der Waals surface area (Å²) in [5, 5.41) is 0. The molecule has 0 aromatic rings. The van der Waals surface area contributed by atoms with Gasteiger partial charge in [0.1, 0.15) is 0 Å². The first-order valence-corrected chi connectivity index (χ1v) is 6.67. The van der Waals surface area contributed by atoms with E-state index >= 15 is 0 Å². The number of allylic oxidation sites excluding steroid dienone is 5. The third-order valence-corrected chi connectivity index (χ3v) is 4.91. The number of rotatable bonds is 2. The summed E-state index contributed by atoms with van der Waals surface area (Å²) in [4.78, 5) is 4.70. The molecule has 1 atom stereocenters. The topological polar surface area (TPSA) is 12.4 Å². The van der Waals surface area contributed by atoms with Gasteiger partial charge in [0.15, 0.2) is 0 Å². The summed E-state index contributed by atoms with van der Waals surface area (Å²) in [6.45, 7) is 4.33. The Morgan fingerprint density at radius 1 is 1.50 bits per heavy atom. The van der Waals surface area contributed by atoms with E-state index in [4.69, 9.17) is 4.99 Å². The van der Waals surface area contributed by atoms with Crippen LogP contribution in [0.4, 0.5) is 0 Å². The summed E-state index contributed by atoms with van der Waals surface area (Å²) in [6, 6.07) is 0. The van der Waals surface area contributed by atoms with E-state index in [0.29, 0.717) is 0 Å². The predicted octanol–water partition coefficient (Wildman–Crippen LogP) is 3.05. The van der Waals surface area contributed by atoms with Crippen LogP contribution < -0.4 is 0 Å². The normalized spacial score (nSPS) is 30.7. The van der Waals surface area contributed by atoms with Crippen molar-refractivity contribution in [3.8, 4) is 0 Å². The summed E-state index contributed by atoms with van der Waals surface area (Å²) in [7, 11) is 0. The van der Waals surface area contributed by atoms with E-state index in [-0.39, 0.29) is 21.3 Å². The summed E-state index contributed by atoms with van der Waals surface area (Å²) in [5.74, 6) is 0. The average molecular weight is 274 g/mol. The van der Waals surface area contributed by atoms with Crippen LogP contribution >= 0.6 is 0 Å². The monoisotopic (exact) mass is 275 g/mol. The molecule has 0 radical (unpaired) electrons. The van der Waals surface area contributed by atoms with Gasteiger partial charge in [0, 0.05) is 0 Å². The second-order valence-corrected chi connectivity index (χ2v) is 7.05. The maximum absolute atomic E-state index is 4.70. The Bertz CT molecular complexity index is 349. The van der Waals surface area contributed by atoms with Gasteiger partial charge < -0.3 is 0 Å². The van der Waals surface area contributed by atoms with Crippen LogP contribution in [0.15, 0.2) is 39.5 Å². The first-order chi connectivity index (χ1) is 6.68. The van der Waals surface area contributed by atoms with Crippen molar-refractivity contribution in [1.29, 1.82) is 0 Å². The Balaban J connectivity index is 2.08. The van der Waals surface area contributed by atoms with Crippen LogP contribution in [0.2, 0.25) is 0 Å². The van der Waals surface area contributed by atoms with E-state index in [2.05, 4.69) is 44.2 Å². The van der Waals surface area contributed by atoms with Gasteiger partial charge >= 0.3 is 93.2 Å². The van der Waals surface area contributed by atoms with Crippen LogP contribution in [0.1, 0.15) is 26.7 Å². The Hall–Kier alpha value is -0.487. The van der Waals surface area contributed by atoms with E-state index in [1.165, 1.54) is 18.6 Å². The Labute approximate surface area is 93.3 Å². The fourth-order valence-electron chi connectivity index (χ4n) is 1.61. The second-order valence-electron chi connectivity index (χ2n) is 3.74. The molecule has 0 saturated carbocycles.